The van der Waals surface area contributed by atoms with Crippen LogP contribution in [-0.4, -0.2) is 91.3 Å². The molecule has 7 heteroatoms. The van der Waals surface area contributed by atoms with Crippen LogP contribution < -0.4 is 0 Å². The van der Waals surface area contributed by atoms with Crippen molar-refractivity contribution in [3.63, 3.8) is 0 Å². The Morgan fingerprint density at radius 2 is 1.89 bits per heavy atom. The maximum Gasteiger partial charge on any atom is 0.320 e. The van der Waals surface area contributed by atoms with Crippen LogP contribution >= 0.6 is 0 Å². The Bertz CT molecular complexity index is 316. The van der Waals surface area contributed by atoms with Crippen LogP contribution in [0.1, 0.15) is 6.92 Å². The third kappa shape index (κ3) is 4.68. The predicted octanol–water partition coefficient (Wildman–Crippen LogP) is -0.225. The van der Waals surface area contributed by atoms with Crippen molar-refractivity contribution in [3.8, 4) is 0 Å². The summed E-state index contributed by atoms with van der Waals surface area (Å²) >= 11 is 0. The van der Waals surface area contributed by atoms with Crippen molar-refractivity contribution < 1.29 is 19.4 Å². The van der Waals surface area contributed by atoms with Gasteiger partial charge < -0.3 is 19.6 Å². The van der Waals surface area contributed by atoms with E-state index in [1.165, 1.54) is 0 Å². The highest BCUT2D eigenvalue weighted by molar-refractivity contribution is 5.74. The largest absolute Gasteiger partial charge is 0.480 e. The Morgan fingerprint density at radius 3 is 2.37 bits per heavy atom. The normalized spacial score (nSPS) is 18.2. The summed E-state index contributed by atoms with van der Waals surface area (Å²) in [5, 5.41) is 8.72. The van der Waals surface area contributed by atoms with Crippen LogP contribution in [0.3, 0.4) is 0 Å². The summed E-state index contributed by atoms with van der Waals surface area (Å²) in [5.41, 5.74) is 0. The second kappa shape index (κ2) is 7.30. The van der Waals surface area contributed by atoms with Gasteiger partial charge in [-0.05, 0) is 6.92 Å². The molecule has 2 amide bonds. The van der Waals surface area contributed by atoms with E-state index >= 15 is 0 Å². The number of nitrogens with zero attached hydrogens (tertiary/aromatic N) is 3. The summed E-state index contributed by atoms with van der Waals surface area (Å²) in [4.78, 5) is 28.1. The van der Waals surface area contributed by atoms with Crippen molar-refractivity contribution in [2.24, 2.45) is 0 Å². The van der Waals surface area contributed by atoms with E-state index in [-0.39, 0.29) is 18.6 Å². The Labute approximate surface area is 113 Å². The fourth-order valence-electron chi connectivity index (χ4n) is 2.05. The van der Waals surface area contributed by atoms with E-state index < -0.39 is 5.97 Å². The monoisotopic (exact) mass is 273 g/mol. The topological polar surface area (TPSA) is 73.3 Å². The number of aliphatic carboxylic acids is 1. The molecule has 0 saturated carbocycles. The second-order valence-corrected chi connectivity index (χ2v) is 4.85. The number of carbonyl (C=O) groups excluding carboxylic acids is 1. The first-order chi connectivity index (χ1) is 8.95. The molecule has 1 N–H and O–H groups in total. The number of carbonyl (C=O) groups is 2. The number of carboxylic acids is 1. The molecule has 110 valence electrons. The third-order valence-electron chi connectivity index (χ3n) is 3.37. The molecular weight excluding hydrogens is 250 g/mol. The summed E-state index contributed by atoms with van der Waals surface area (Å²) in [7, 11) is 3.37. The van der Waals surface area contributed by atoms with Crippen LogP contribution in [0.25, 0.3) is 0 Å². The molecule has 1 atom stereocenters. The quantitative estimate of drug-likeness (QED) is 0.749. The number of methoxy groups -OCH3 is 1. The summed E-state index contributed by atoms with van der Waals surface area (Å²) in [6.07, 6.45) is 0. The molecule has 0 radical (unpaired) electrons. The van der Waals surface area contributed by atoms with Crippen molar-refractivity contribution in [2.75, 3.05) is 53.5 Å². The molecule has 1 rings (SSSR count). The molecule has 1 saturated heterocycles. The molecule has 0 aromatic carbocycles. The molecule has 0 spiro atoms. The van der Waals surface area contributed by atoms with Crippen LogP contribution in [0.2, 0.25) is 0 Å². The minimum atomic E-state index is -0.828. The van der Waals surface area contributed by atoms with Crippen LogP contribution in [0.15, 0.2) is 0 Å². The van der Waals surface area contributed by atoms with Crippen LogP contribution in [-0.2, 0) is 9.53 Å². The van der Waals surface area contributed by atoms with E-state index in [1.54, 1.807) is 24.0 Å². The van der Waals surface area contributed by atoms with Gasteiger partial charge in [-0.1, -0.05) is 0 Å². The Hall–Kier alpha value is -1.34. The zero-order valence-electron chi connectivity index (χ0n) is 11.8. The summed E-state index contributed by atoms with van der Waals surface area (Å²) in [6.45, 7) is 4.81. The first-order valence-electron chi connectivity index (χ1n) is 6.40. The average Bonchev–Trinajstić information content (AvgIpc) is 2.37. The molecule has 7 nitrogen and oxygen atoms in total. The zero-order valence-corrected chi connectivity index (χ0v) is 11.8. The highest BCUT2D eigenvalue weighted by Gasteiger charge is 2.26. The fraction of sp³-hybridized carbons (Fsp3) is 0.833. The van der Waals surface area contributed by atoms with Crippen LogP contribution in [0, 0.1) is 0 Å². The molecule has 1 heterocycles. The molecule has 0 aromatic rings. The maximum atomic E-state index is 12.2. The first-order valence-corrected chi connectivity index (χ1v) is 6.40. The maximum absolute atomic E-state index is 12.2. The van der Waals surface area contributed by atoms with Gasteiger partial charge in [-0.15, -0.1) is 0 Å². The summed E-state index contributed by atoms with van der Waals surface area (Å²) in [5.74, 6) is -0.828. The number of piperazine rings is 1. The summed E-state index contributed by atoms with van der Waals surface area (Å²) in [6, 6.07) is -0.00549. The molecule has 0 aromatic heterocycles. The van der Waals surface area contributed by atoms with E-state index in [1.807, 2.05) is 11.8 Å². The van der Waals surface area contributed by atoms with Crippen LogP contribution in [0.4, 0.5) is 4.79 Å². The summed E-state index contributed by atoms with van der Waals surface area (Å²) < 4.78 is 5.04. The van der Waals surface area contributed by atoms with Crippen molar-refractivity contribution >= 4 is 12.0 Å². The van der Waals surface area contributed by atoms with Gasteiger partial charge in [0.2, 0.25) is 0 Å². The Balaban J connectivity index is 2.42. The SMILES string of the molecule is COCC(C)N(C)C(=O)N1CCN(CC(=O)O)CC1. The average molecular weight is 273 g/mol. The van der Waals surface area contributed by atoms with E-state index in [4.69, 9.17) is 9.84 Å². The Kier molecular flexibility index (Phi) is 6.04. The number of rotatable bonds is 5. The van der Waals surface area contributed by atoms with Gasteiger partial charge in [-0.2, -0.15) is 0 Å². The fourth-order valence-corrected chi connectivity index (χ4v) is 2.05. The van der Waals surface area contributed by atoms with Gasteiger partial charge in [0.1, 0.15) is 0 Å². The molecule has 1 aliphatic rings. The lowest BCUT2D eigenvalue weighted by Crippen LogP contribution is -2.54. The van der Waals surface area contributed by atoms with Gasteiger partial charge in [0.25, 0.3) is 0 Å². The number of ether oxygens (including phenoxy) is 1. The predicted molar refractivity (Wildman–Crippen MR) is 70.1 cm³/mol. The highest BCUT2D eigenvalue weighted by atomic mass is 16.5. The molecular formula is C12H23N3O4. The van der Waals surface area contributed by atoms with Crippen molar-refractivity contribution in [1.82, 2.24) is 14.7 Å². The van der Waals surface area contributed by atoms with Gasteiger partial charge in [-0.25, -0.2) is 4.79 Å². The minimum Gasteiger partial charge on any atom is -0.480 e. The molecule has 0 aliphatic carbocycles. The number of urea groups is 1. The molecule has 1 aliphatic heterocycles. The van der Waals surface area contributed by atoms with Gasteiger partial charge in [0, 0.05) is 40.3 Å². The highest BCUT2D eigenvalue weighted by Crippen LogP contribution is 2.07. The number of carboxylic acid groups (broad SMARTS) is 1. The second-order valence-electron chi connectivity index (χ2n) is 4.85. The van der Waals surface area contributed by atoms with Gasteiger partial charge in [0.15, 0.2) is 0 Å². The lowest BCUT2D eigenvalue weighted by Gasteiger charge is -2.37. The van der Waals surface area contributed by atoms with Gasteiger partial charge >= 0.3 is 12.0 Å². The van der Waals surface area contributed by atoms with Crippen molar-refractivity contribution in [3.05, 3.63) is 0 Å². The molecule has 1 fully saturated rings. The molecule has 19 heavy (non-hydrogen) atoms. The number of amides is 2. The van der Waals surface area contributed by atoms with Crippen LogP contribution in [0.5, 0.6) is 0 Å². The molecule has 1 unspecified atom stereocenters. The standard InChI is InChI=1S/C12H23N3O4/c1-10(9-19-3)13(2)12(18)15-6-4-14(5-7-15)8-11(16)17/h10H,4-9H2,1-3H3,(H,16,17). The smallest absolute Gasteiger partial charge is 0.320 e. The third-order valence-corrected chi connectivity index (χ3v) is 3.37. The zero-order chi connectivity index (χ0) is 14.4. The van der Waals surface area contributed by atoms with Gasteiger partial charge in [0.05, 0.1) is 19.2 Å². The lowest BCUT2D eigenvalue weighted by atomic mass is 10.3. The minimum absolute atomic E-state index is 0.0227. The number of likely N-dealkylation sites (N-methyl/N-ethyl adjacent to an activating group) is 1. The lowest BCUT2D eigenvalue weighted by molar-refractivity contribution is -0.138. The van der Waals surface area contributed by atoms with E-state index in [0.717, 1.165) is 0 Å². The van der Waals surface area contributed by atoms with Crippen molar-refractivity contribution in [1.29, 1.82) is 0 Å². The molecule has 0 bridgehead atoms. The Morgan fingerprint density at radius 1 is 1.32 bits per heavy atom. The van der Waals surface area contributed by atoms with E-state index in [0.29, 0.717) is 32.8 Å². The van der Waals surface area contributed by atoms with E-state index in [2.05, 4.69) is 0 Å². The van der Waals surface area contributed by atoms with Gasteiger partial charge in [-0.3, -0.25) is 9.69 Å². The van der Waals surface area contributed by atoms with E-state index in [9.17, 15) is 9.59 Å². The number of hydrogen-bond acceptors (Lipinski definition) is 4. The first kappa shape index (κ1) is 15.7. The number of hydrogen-bond donors (Lipinski definition) is 1. The van der Waals surface area contributed by atoms with Crippen molar-refractivity contribution in [2.45, 2.75) is 13.0 Å².